The lowest BCUT2D eigenvalue weighted by Crippen LogP contribution is -2.25. The molecule has 0 bridgehead atoms. The number of carboxylic acid groups (broad SMARTS) is 1. The summed E-state index contributed by atoms with van der Waals surface area (Å²) in [6.45, 7) is 9.45. The van der Waals surface area contributed by atoms with Gasteiger partial charge in [0.1, 0.15) is 0 Å². The standard InChI is InChI=1S/C15H18ClNO2/c1-4-17(10-11(2)3)14-7-6-13(16)9-12(14)5-8-15(18)19/h5-9H,2,4,10H2,1,3H3,(H,18,19)/b8-5+. The van der Waals surface area contributed by atoms with Gasteiger partial charge in [-0.1, -0.05) is 23.8 Å². The highest BCUT2D eigenvalue weighted by Gasteiger charge is 2.09. The number of benzene rings is 1. The van der Waals surface area contributed by atoms with Crippen molar-refractivity contribution in [3.8, 4) is 0 Å². The van der Waals surface area contributed by atoms with Crippen LogP contribution in [0.3, 0.4) is 0 Å². The topological polar surface area (TPSA) is 40.5 Å². The smallest absolute Gasteiger partial charge is 0.328 e. The highest BCUT2D eigenvalue weighted by Crippen LogP contribution is 2.26. The summed E-state index contributed by atoms with van der Waals surface area (Å²) in [4.78, 5) is 12.8. The molecule has 102 valence electrons. The molecule has 4 heteroatoms. The van der Waals surface area contributed by atoms with E-state index in [-0.39, 0.29) is 0 Å². The Balaban J connectivity index is 3.17. The third-order valence-corrected chi connectivity index (χ3v) is 2.81. The van der Waals surface area contributed by atoms with Crippen LogP contribution in [0.2, 0.25) is 5.02 Å². The van der Waals surface area contributed by atoms with Gasteiger partial charge >= 0.3 is 5.97 Å². The number of halogens is 1. The number of hydrogen-bond donors (Lipinski definition) is 1. The van der Waals surface area contributed by atoms with Gasteiger partial charge in [0.05, 0.1) is 0 Å². The van der Waals surface area contributed by atoms with Crippen LogP contribution in [0.5, 0.6) is 0 Å². The van der Waals surface area contributed by atoms with Gasteiger partial charge in [0.2, 0.25) is 0 Å². The van der Waals surface area contributed by atoms with Crippen LogP contribution in [0.15, 0.2) is 36.4 Å². The Bertz CT molecular complexity index is 509. The summed E-state index contributed by atoms with van der Waals surface area (Å²) in [5, 5.41) is 9.31. The molecule has 1 aromatic carbocycles. The molecule has 0 aromatic heterocycles. The summed E-state index contributed by atoms with van der Waals surface area (Å²) in [7, 11) is 0. The molecule has 19 heavy (non-hydrogen) atoms. The summed E-state index contributed by atoms with van der Waals surface area (Å²) in [6, 6.07) is 5.46. The molecule has 3 nitrogen and oxygen atoms in total. The van der Waals surface area contributed by atoms with Crippen molar-refractivity contribution in [1.29, 1.82) is 0 Å². The summed E-state index contributed by atoms with van der Waals surface area (Å²) >= 11 is 5.97. The van der Waals surface area contributed by atoms with Crippen LogP contribution in [0.25, 0.3) is 6.08 Å². The molecule has 1 N–H and O–H groups in total. The maximum absolute atomic E-state index is 10.6. The number of aliphatic carboxylic acids is 1. The largest absolute Gasteiger partial charge is 0.478 e. The van der Waals surface area contributed by atoms with E-state index in [4.69, 9.17) is 16.7 Å². The van der Waals surface area contributed by atoms with Crippen LogP contribution < -0.4 is 4.90 Å². The van der Waals surface area contributed by atoms with Gasteiger partial charge in [0.25, 0.3) is 0 Å². The Morgan fingerprint density at radius 2 is 2.21 bits per heavy atom. The third kappa shape index (κ3) is 4.79. The van der Waals surface area contributed by atoms with E-state index in [1.165, 1.54) is 0 Å². The fourth-order valence-electron chi connectivity index (χ4n) is 1.80. The first-order valence-corrected chi connectivity index (χ1v) is 6.41. The SMILES string of the molecule is C=C(C)CN(CC)c1ccc(Cl)cc1/C=C/C(=O)O. The predicted octanol–water partition coefficient (Wildman–Crippen LogP) is 3.84. The normalized spacial score (nSPS) is 10.7. The Morgan fingerprint density at radius 3 is 2.74 bits per heavy atom. The maximum atomic E-state index is 10.6. The van der Waals surface area contributed by atoms with Crippen molar-refractivity contribution in [2.75, 3.05) is 18.0 Å². The number of carbonyl (C=O) groups is 1. The van der Waals surface area contributed by atoms with E-state index in [1.54, 1.807) is 18.2 Å². The summed E-state index contributed by atoms with van der Waals surface area (Å²) < 4.78 is 0. The highest BCUT2D eigenvalue weighted by atomic mass is 35.5. The fraction of sp³-hybridized carbons (Fsp3) is 0.267. The molecule has 1 rings (SSSR count). The van der Waals surface area contributed by atoms with Gasteiger partial charge < -0.3 is 10.0 Å². The van der Waals surface area contributed by atoms with E-state index in [1.807, 2.05) is 19.9 Å². The van der Waals surface area contributed by atoms with Crippen molar-refractivity contribution >= 4 is 29.3 Å². The fourth-order valence-corrected chi connectivity index (χ4v) is 1.98. The van der Waals surface area contributed by atoms with Crippen molar-refractivity contribution in [1.82, 2.24) is 0 Å². The minimum atomic E-state index is -0.978. The first-order chi connectivity index (χ1) is 8.93. The maximum Gasteiger partial charge on any atom is 0.328 e. The Labute approximate surface area is 118 Å². The second kappa shape index (κ2) is 7.00. The number of nitrogens with zero attached hydrogens (tertiary/aromatic N) is 1. The molecule has 0 atom stereocenters. The number of hydrogen-bond acceptors (Lipinski definition) is 2. The van der Waals surface area contributed by atoms with Crippen LogP contribution in [-0.4, -0.2) is 24.2 Å². The summed E-state index contributed by atoms with van der Waals surface area (Å²) in [6.07, 6.45) is 2.67. The second-order valence-electron chi connectivity index (χ2n) is 4.35. The van der Waals surface area contributed by atoms with Crippen molar-refractivity contribution in [3.05, 3.63) is 47.0 Å². The van der Waals surface area contributed by atoms with Crippen LogP contribution in [0.1, 0.15) is 19.4 Å². The highest BCUT2D eigenvalue weighted by molar-refractivity contribution is 6.30. The van der Waals surface area contributed by atoms with Gasteiger partial charge in [-0.25, -0.2) is 4.79 Å². The molecular weight excluding hydrogens is 262 g/mol. The summed E-state index contributed by atoms with van der Waals surface area (Å²) in [5.41, 5.74) is 2.79. The van der Waals surface area contributed by atoms with Gasteiger partial charge in [0, 0.05) is 29.9 Å². The molecule has 0 fully saturated rings. The predicted molar refractivity (Wildman–Crippen MR) is 80.8 cm³/mol. The van der Waals surface area contributed by atoms with Gasteiger partial charge in [0.15, 0.2) is 0 Å². The molecule has 0 aliphatic rings. The molecule has 0 spiro atoms. The van der Waals surface area contributed by atoms with E-state index >= 15 is 0 Å². The number of rotatable bonds is 6. The minimum Gasteiger partial charge on any atom is -0.478 e. The first-order valence-electron chi connectivity index (χ1n) is 6.04. The number of anilines is 1. The molecule has 0 radical (unpaired) electrons. The monoisotopic (exact) mass is 279 g/mol. The Morgan fingerprint density at radius 1 is 1.53 bits per heavy atom. The van der Waals surface area contributed by atoms with Crippen LogP contribution in [0.4, 0.5) is 5.69 Å². The molecule has 1 aromatic rings. The van der Waals surface area contributed by atoms with Crippen LogP contribution >= 0.6 is 11.6 Å². The molecule has 0 aliphatic heterocycles. The van der Waals surface area contributed by atoms with Gasteiger partial charge in [-0.05, 0) is 43.7 Å². The van der Waals surface area contributed by atoms with E-state index in [0.717, 1.165) is 36.0 Å². The van der Waals surface area contributed by atoms with Gasteiger partial charge in [-0.2, -0.15) is 0 Å². The molecule has 0 aliphatic carbocycles. The number of carboxylic acids is 1. The lowest BCUT2D eigenvalue weighted by molar-refractivity contribution is -0.131. The Kier molecular flexibility index (Phi) is 5.64. The van der Waals surface area contributed by atoms with E-state index in [2.05, 4.69) is 11.5 Å². The molecular formula is C15H18ClNO2. The minimum absolute atomic E-state index is 0.583. The molecule has 0 amide bonds. The molecule has 0 saturated heterocycles. The quantitative estimate of drug-likeness (QED) is 0.635. The van der Waals surface area contributed by atoms with Gasteiger partial charge in [-0.15, -0.1) is 0 Å². The Hall–Kier alpha value is -1.74. The van der Waals surface area contributed by atoms with Crippen LogP contribution in [-0.2, 0) is 4.79 Å². The molecule has 0 unspecified atom stereocenters. The molecule has 0 saturated carbocycles. The van der Waals surface area contributed by atoms with Crippen molar-refractivity contribution < 1.29 is 9.90 Å². The van der Waals surface area contributed by atoms with Crippen molar-refractivity contribution in [3.63, 3.8) is 0 Å². The lowest BCUT2D eigenvalue weighted by Gasteiger charge is -2.25. The zero-order valence-corrected chi connectivity index (χ0v) is 11.9. The zero-order valence-electron chi connectivity index (χ0n) is 11.2. The molecule has 0 heterocycles. The van der Waals surface area contributed by atoms with E-state index < -0.39 is 5.97 Å². The van der Waals surface area contributed by atoms with E-state index in [0.29, 0.717) is 5.02 Å². The average molecular weight is 280 g/mol. The van der Waals surface area contributed by atoms with Gasteiger partial charge in [-0.3, -0.25) is 0 Å². The van der Waals surface area contributed by atoms with Crippen LogP contribution in [0, 0.1) is 0 Å². The zero-order chi connectivity index (χ0) is 14.4. The van der Waals surface area contributed by atoms with Crippen molar-refractivity contribution in [2.45, 2.75) is 13.8 Å². The third-order valence-electron chi connectivity index (χ3n) is 2.58. The summed E-state index contributed by atoms with van der Waals surface area (Å²) in [5.74, 6) is -0.978. The number of likely N-dealkylation sites (N-methyl/N-ethyl adjacent to an activating group) is 1. The first kappa shape index (κ1) is 15.3. The average Bonchev–Trinajstić information content (AvgIpc) is 2.33. The van der Waals surface area contributed by atoms with Crippen molar-refractivity contribution in [2.24, 2.45) is 0 Å². The second-order valence-corrected chi connectivity index (χ2v) is 4.78. The lowest BCUT2D eigenvalue weighted by atomic mass is 10.1. The van der Waals surface area contributed by atoms with E-state index in [9.17, 15) is 4.79 Å².